The molecule has 2 heterocycles. The van der Waals surface area contributed by atoms with Crippen molar-refractivity contribution in [2.24, 2.45) is 11.7 Å². The fraction of sp³-hybridized carbons (Fsp3) is 0.267. The number of primary amides is 1. The van der Waals surface area contributed by atoms with Crippen LogP contribution in [0.5, 0.6) is 0 Å². The van der Waals surface area contributed by atoms with Gasteiger partial charge in [-0.05, 0) is 24.6 Å². The molecule has 1 aromatic heterocycles. The number of aromatic nitrogens is 2. The van der Waals surface area contributed by atoms with Crippen molar-refractivity contribution in [1.82, 2.24) is 9.78 Å². The second-order valence-corrected chi connectivity index (χ2v) is 6.69. The van der Waals surface area contributed by atoms with Gasteiger partial charge in [-0.25, -0.2) is 0 Å². The standard InChI is InChI=1S/C15H13Cl3N4O2/c16-10-5-9(22-15(24)13(18)11(17)6-20-22)1-2-12(10)21-4-3-8(7-21)14(19)23/h1-2,5-6,8H,3-4,7H2,(H2,19,23)/t8-/m0/s1. The molecule has 0 spiro atoms. The van der Waals surface area contributed by atoms with E-state index < -0.39 is 5.56 Å². The quantitative estimate of drug-likeness (QED) is 0.877. The summed E-state index contributed by atoms with van der Waals surface area (Å²) in [6, 6.07) is 5.10. The number of hydrogen-bond donors (Lipinski definition) is 1. The molecule has 3 rings (SSSR count). The predicted molar refractivity (Wildman–Crippen MR) is 94.4 cm³/mol. The molecule has 1 amide bonds. The first kappa shape index (κ1) is 17.1. The summed E-state index contributed by atoms with van der Waals surface area (Å²) >= 11 is 18.0. The summed E-state index contributed by atoms with van der Waals surface area (Å²) in [5.41, 5.74) is 6.07. The minimum Gasteiger partial charge on any atom is -0.370 e. The Bertz CT molecular complexity index is 868. The van der Waals surface area contributed by atoms with Crippen molar-refractivity contribution < 1.29 is 4.79 Å². The number of nitrogens with two attached hydrogens (primary N) is 1. The molecule has 1 atom stereocenters. The van der Waals surface area contributed by atoms with Crippen LogP contribution in [0.4, 0.5) is 5.69 Å². The van der Waals surface area contributed by atoms with Gasteiger partial charge in [-0.2, -0.15) is 9.78 Å². The number of benzene rings is 1. The van der Waals surface area contributed by atoms with Crippen LogP contribution in [-0.2, 0) is 4.79 Å². The highest BCUT2D eigenvalue weighted by molar-refractivity contribution is 6.41. The van der Waals surface area contributed by atoms with Crippen molar-refractivity contribution in [3.05, 3.63) is 49.8 Å². The molecule has 1 aliphatic rings. The van der Waals surface area contributed by atoms with Gasteiger partial charge in [0.1, 0.15) is 5.02 Å². The summed E-state index contributed by atoms with van der Waals surface area (Å²) in [5, 5.41) is 4.40. The van der Waals surface area contributed by atoms with Gasteiger partial charge in [0, 0.05) is 13.1 Å². The van der Waals surface area contributed by atoms with E-state index in [1.54, 1.807) is 18.2 Å². The van der Waals surface area contributed by atoms with Crippen LogP contribution in [0, 0.1) is 5.92 Å². The number of hydrogen-bond acceptors (Lipinski definition) is 4. The highest BCUT2D eigenvalue weighted by Crippen LogP contribution is 2.32. The lowest BCUT2D eigenvalue weighted by atomic mass is 10.1. The smallest absolute Gasteiger partial charge is 0.291 e. The second-order valence-electron chi connectivity index (χ2n) is 5.49. The number of anilines is 1. The van der Waals surface area contributed by atoms with Gasteiger partial charge < -0.3 is 10.6 Å². The van der Waals surface area contributed by atoms with E-state index in [1.165, 1.54) is 6.20 Å². The summed E-state index contributed by atoms with van der Waals surface area (Å²) in [5.74, 6) is -0.489. The molecule has 2 aromatic rings. The molecule has 9 heteroatoms. The van der Waals surface area contributed by atoms with E-state index in [-0.39, 0.29) is 21.9 Å². The lowest BCUT2D eigenvalue weighted by molar-refractivity contribution is -0.121. The Labute approximate surface area is 152 Å². The Morgan fingerprint density at radius 1 is 1.25 bits per heavy atom. The average Bonchev–Trinajstić information content (AvgIpc) is 3.02. The van der Waals surface area contributed by atoms with Gasteiger partial charge in [-0.15, -0.1) is 0 Å². The maximum atomic E-state index is 12.1. The van der Waals surface area contributed by atoms with Crippen molar-refractivity contribution in [3.63, 3.8) is 0 Å². The van der Waals surface area contributed by atoms with Crippen molar-refractivity contribution in [3.8, 4) is 5.69 Å². The van der Waals surface area contributed by atoms with E-state index in [0.717, 1.165) is 10.4 Å². The molecule has 6 nitrogen and oxygen atoms in total. The Balaban J connectivity index is 1.93. The second kappa shape index (κ2) is 6.63. The van der Waals surface area contributed by atoms with Crippen LogP contribution in [0.25, 0.3) is 5.69 Å². The third-order valence-corrected chi connectivity index (χ3v) is 5.03. The molecule has 0 unspecified atom stereocenters. The van der Waals surface area contributed by atoms with Gasteiger partial charge in [0.15, 0.2) is 0 Å². The average molecular weight is 388 g/mol. The van der Waals surface area contributed by atoms with Crippen LogP contribution in [0.2, 0.25) is 15.1 Å². The highest BCUT2D eigenvalue weighted by atomic mass is 35.5. The van der Waals surface area contributed by atoms with Crippen LogP contribution < -0.4 is 16.2 Å². The van der Waals surface area contributed by atoms with Crippen LogP contribution in [0.1, 0.15) is 6.42 Å². The first-order valence-electron chi connectivity index (χ1n) is 7.16. The normalized spacial score (nSPS) is 17.3. The molecule has 126 valence electrons. The zero-order valence-electron chi connectivity index (χ0n) is 12.4. The Morgan fingerprint density at radius 3 is 2.62 bits per heavy atom. The van der Waals surface area contributed by atoms with Gasteiger partial charge in [0.25, 0.3) is 5.56 Å². The van der Waals surface area contributed by atoms with Crippen LogP contribution >= 0.6 is 34.8 Å². The number of nitrogens with zero attached hydrogens (tertiary/aromatic N) is 3. The number of rotatable bonds is 3. The zero-order valence-corrected chi connectivity index (χ0v) is 14.6. The monoisotopic (exact) mass is 386 g/mol. The van der Waals surface area contributed by atoms with Crippen molar-refractivity contribution >= 4 is 46.4 Å². The Hall–Kier alpha value is -1.76. The summed E-state index contributed by atoms with van der Waals surface area (Å²) in [6.45, 7) is 1.22. The molecule has 24 heavy (non-hydrogen) atoms. The van der Waals surface area contributed by atoms with Gasteiger partial charge >= 0.3 is 0 Å². The fourth-order valence-corrected chi connectivity index (χ4v) is 3.24. The Kier molecular flexibility index (Phi) is 4.71. The minimum atomic E-state index is -0.525. The number of carbonyl (C=O) groups is 1. The third kappa shape index (κ3) is 3.09. The van der Waals surface area contributed by atoms with Gasteiger partial charge in [-0.3, -0.25) is 9.59 Å². The maximum absolute atomic E-state index is 12.1. The van der Waals surface area contributed by atoms with Gasteiger partial charge in [0.2, 0.25) is 5.91 Å². The van der Waals surface area contributed by atoms with E-state index in [2.05, 4.69) is 5.10 Å². The number of carbonyl (C=O) groups excluding carboxylic acids is 1. The zero-order chi connectivity index (χ0) is 17.4. The molecule has 2 N–H and O–H groups in total. The maximum Gasteiger partial charge on any atom is 0.291 e. The molecule has 0 aliphatic carbocycles. The molecular formula is C15H13Cl3N4O2. The van der Waals surface area contributed by atoms with E-state index in [4.69, 9.17) is 40.5 Å². The molecule has 1 saturated heterocycles. The van der Waals surface area contributed by atoms with Crippen LogP contribution in [0.15, 0.2) is 29.2 Å². The van der Waals surface area contributed by atoms with E-state index >= 15 is 0 Å². The molecule has 1 aliphatic heterocycles. The number of halogens is 3. The van der Waals surface area contributed by atoms with Crippen molar-refractivity contribution in [2.75, 3.05) is 18.0 Å². The number of amides is 1. The van der Waals surface area contributed by atoms with Crippen LogP contribution in [0.3, 0.4) is 0 Å². The summed E-state index contributed by atoms with van der Waals surface area (Å²) < 4.78 is 1.13. The van der Waals surface area contributed by atoms with Crippen LogP contribution in [-0.4, -0.2) is 28.8 Å². The SMILES string of the molecule is NC(=O)[C@H]1CCN(c2ccc(-n3ncc(Cl)c(Cl)c3=O)cc2Cl)C1. The summed E-state index contributed by atoms with van der Waals surface area (Å²) in [4.78, 5) is 25.4. The van der Waals surface area contributed by atoms with Crippen molar-refractivity contribution in [1.29, 1.82) is 0 Å². The summed E-state index contributed by atoms with van der Waals surface area (Å²) in [6.07, 6.45) is 1.99. The predicted octanol–water partition coefficient (Wildman–Crippen LogP) is 2.50. The molecule has 1 aromatic carbocycles. The fourth-order valence-electron chi connectivity index (χ4n) is 2.69. The molecule has 0 radical (unpaired) electrons. The van der Waals surface area contributed by atoms with E-state index in [9.17, 15) is 9.59 Å². The third-order valence-electron chi connectivity index (χ3n) is 3.98. The minimum absolute atomic E-state index is 0.0928. The first-order valence-corrected chi connectivity index (χ1v) is 8.29. The van der Waals surface area contributed by atoms with Crippen molar-refractivity contribution in [2.45, 2.75) is 6.42 Å². The van der Waals surface area contributed by atoms with Gasteiger partial charge in [0.05, 0.1) is 33.5 Å². The first-order chi connectivity index (χ1) is 11.4. The van der Waals surface area contributed by atoms with E-state index in [1.807, 2.05) is 4.90 Å². The van der Waals surface area contributed by atoms with E-state index in [0.29, 0.717) is 30.2 Å². The topological polar surface area (TPSA) is 81.2 Å². The molecular weight excluding hydrogens is 375 g/mol. The Morgan fingerprint density at radius 2 is 2.00 bits per heavy atom. The summed E-state index contributed by atoms with van der Waals surface area (Å²) in [7, 11) is 0. The highest BCUT2D eigenvalue weighted by Gasteiger charge is 2.27. The largest absolute Gasteiger partial charge is 0.370 e. The molecule has 0 saturated carbocycles. The lowest BCUT2D eigenvalue weighted by Gasteiger charge is -2.20. The molecule has 1 fully saturated rings. The van der Waals surface area contributed by atoms with Gasteiger partial charge in [-0.1, -0.05) is 34.8 Å². The molecule has 0 bridgehead atoms. The lowest BCUT2D eigenvalue weighted by Crippen LogP contribution is -2.27.